The lowest BCUT2D eigenvalue weighted by molar-refractivity contribution is -0.144. The van der Waals surface area contributed by atoms with Gasteiger partial charge in [-0.2, -0.15) is 0 Å². The Balaban J connectivity index is 1.66. The molecule has 126 valence electrons. The number of nitrogens with one attached hydrogen (secondary N) is 1. The van der Waals surface area contributed by atoms with Gasteiger partial charge in [-0.3, -0.25) is 14.0 Å². The van der Waals surface area contributed by atoms with E-state index in [0.29, 0.717) is 12.1 Å². The summed E-state index contributed by atoms with van der Waals surface area (Å²) in [5, 5.41) is 9.57. The standard InChI is InChI=1S/C17H19N3O4/c21-14(13-8-11-4-3-7-20(11)16(24)18-13)19-9-12(15(22)23)17(10-19)5-1-2-6-17/h3-4,7-8,12H,1-2,5-6,9-10H2,(H,18,24)(H,22,23). The minimum absolute atomic E-state index is 0.211. The summed E-state index contributed by atoms with van der Waals surface area (Å²) in [5.74, 6) is -1.65. The first kappa shape index (κ1) is 15.0. The first-order chi connectivity index (χ1) is 11.5. The number of likely N-dealkylation sites (tertiary alicyclic amines) is 1. The fourth-order valence-corrected chi connectivity index (χ4v) is 4.39. The van der Waals surface area contributed by atoms with Crippen molar-refractivity contribution in [2.24, 2.45) is 11.3 Å². The number of rotatable bonds is 2. The molecule has 1 saturated carbocycles. The average molecular weight is 329 g/mol. The molecule has 7 heteroatoms. The highest BCUT2D eigenvalue weighted by Gasteiger charge is 2.52. The van der Waals surface area contributed by atoms with E-state index in [2.05, 4.69) is 4.98 Å². The molecular formula is C17H19N3O4. The van der Waals surface area contributed by atoms with Gasteiger partial charge in [0, 0.05) is 24.7 Å². The third-order valence-electron chi connectivity index (χ3n) is 5.60. The Morgan fingerprint density at radius 2 is 2.04 bits per heavy atom. The monoisotopic (exact) mass is 329 g/mol. The number of aliphatic carboxylic acids is 1. The number of H-pyrrole nitrogens is 1. The summed E-state index contributed by atoms with van der Waals surface area (Å²) in [6, 6.07) is 5.14. The van der Waals surface area contributed by atoms with E-state index in [9.17, 15) is 19.5 Å². The molecule has 1 amide bonds. The van der Waals surface area contributed by atoms with Gasteiger partial charge in [0.15, 0.2) is 0 Å². The average Bonchev–Trinajstić information content (AvgIpc) is 3.27. The van der Waals surface area contributed by atoms with Crippen molar-refractivity contribution in [3.05, 3.63) is 40.6 Å². The van der Waals surface area contributed by atoms with Crippen LogP contribution in [0.1, 0.15) is 36.2 Å². The Morgan fingerprint density at radius 3 is 2.75 bits per heavy atom. The zero-order chi connectivity index (χ0) is 16.9. The number of carbonyl (C=O) groups excluding carboxylic acids is 1. The number of hydrogen-bond donors (Lipinski definition) is 2. The lowest BCUT2D eigenvalue weighted by Crippen LogP contribution is -2.33. The van der Waals surface area contributed by atoms with E-state index >= 15 is 0 Å². The van der Waals surface area contributed by atoms with E-state index in [-0.39, 0.29) is 29.3 Å². The van der Waals surface area contributed by atoms with E-state index in [1.807, 2.05) is 0 Å². The molecule has 1 aliphatic carbocycles. The van der Waals surface area contributed by atoms with Crippen molar-refractivity contribution in [1.82, 2.24) is 14.3 Å². The highest BCUT2D eigenvalue weighted by Crippen LogP contribution is 2.49. The Labute approximate surface area is 137 Å². The van der Waals surface area contributed by atoms with Crippen LogP contribution in [-0.4, -0.2) is 44.4 Å². The second kappa shape index (κ2) is 5.22. The minimum Gasteiger partial charge on any atom is -0.481 e. The van der Waals surface area contributed by atoms with Gasteiger partial charge in [-0.15, -0.1) is 0 Å². The van der Waals surface area contributed by atoms with Crippen LogP contribution in [0.3, 0.4) is 0 Å². The van der Waals surface area contributed by atoms with Gasteiger partial charge in [-0.05, 0) is 31.0 Å². The Kier molecular flexibility index (Phi) is 3.26. The zero-order valence-corrected chi connectivity index (χ0v) is 13.2. The molecule has 2 aromatic heterocycles. The first-order valence-corrected chi connectivity index (χ1v) is 8.23. The molecule has 0 radical (unpaired) electrons. The van der Waals surface area contributed by atoms with E-state index in [1.165, 1.54) is 4.40 Å². The quantitative estimate of drug-likeness (QED) is 0.869. The van der Waals surface area contributed by atoms with Gasteiger partial charge < -0.3 is 15.0 Å². The largest absolute Gasteiger partial charge is 0.481 e. The lowest BCUT2D eigenvalue weighted by atomic mass is 9.76. The number of carboxylic acids is 1. The normalized spacial score (nSPS) is 22.5. The molecule has 0 bridgehead atoms. The Hall–Kier alpha value is -2.57. The molecule has 3 heterocycles. The number of fused-ring (bicyclic) bond motifs is 1. The van der Waals surface area contributed by atoms with Crippen LogP contribution in [0.4, 0.5) is 0 Å². The molecule has 0 aromatic carbocycles. The van der Waals surface area contributed by atoms with Crippen molar-refractivity contribution in [3.8, 4) is 0 Å². The number of aromatic amines is 1. The summed E-state index contributed by atoms with van der Waals surface area (Å²) in [5.41, 5.74) is 0.184. The second-order valence-corrected chi connectivity index (χ2v) is 6.94. The molecule has 2 aliphatic rings. The van der Waals surface area contributed by atoms with Crippen LogP contribution in [-0.2, 0) is 4.79 Å². The van der Waals surface area contributed by atoms with Crippen LogP contribution in [0.15, 0.2) is 29.2 Å². The summed E-state index contributed by atoms with van der Waals surface area (Å²) in [7, 11) is 0. The summed E-state index contributed by atoms with van der Waals surface area (Å²) in [6.45, 7) is 0.666. The summed E-state index contributed by atoms with van der Waals surface area (Å²) in [4.78, 5) is 40.7. The third-order valence-corrected chi connectivity index (χ3v) is 5.60. The van der Waals surface area contributed by atoms with Crippen LogP contribution in [0.5, 0.6) is 0 Å². The van der Waals surface area contributed by atoms with E-state index < -0.39 is 11.9 Å². The highest BCUT2D eigenvalue weighted by molar-refractivity contribution is 5.94. The Morgan fingerprint density at radius 1 is 1.29 bits per heavy atom. The SMILES string of the molecule is O=C(O)C1CN(C(=O)c2cc3cccn3c(=O)[nH]2)CC12CCCC2. The van der Waals surface area contributed by atoms with Crippen molar-refractivity contribution in [2.75, 3.05) is 13.1 Å². The molecule has 4 rings (SSSR count). The Bertz CT molecular complexity index is 875. The number of hydrogen-bond acceptors (Lipinski definition) is 3. The van der Waals surface area contributed by atoms with Gasteiger partial charge in [0.1, 0.15) is 5.69 Å². The second-order valence-electron chi connectivity index (χ2n) is 6.94. The molecule has 1 unspecified atom stereocenters. The van der Waals surface area contributed by atoms with Crippen molar-refractivity contribution in [3.63, 3.8) is 0 Å². The molecule has 2 N–H and O–H groups in total. The van der Waals surface area contributed by atoms with Crippen molar-refractivity contribution >= 4 is 17.4 Å². The van der Waals surface area contributed by atoms with E-state index in [0.717, 1.165) is 25.7 Å². The van der Waals surface area contributed by atoms with Crippen molar-refractivity contribution in [2.45, 2.75) is 25.7 Å². The van der Waals surface area contributed by atoms with Crippen LogP contribution in [0, 0.1) is 11.3 Å². The number of nitrogens with zero attached hydrogens (tertiary/aromatic N) is 2. The molecule has 2 fully saturated rings. The van der Waals surface area contributed by atoms with Crippen LogP contribution < -0.4 is 5.69 Å². The molecule has 1 saturated heterocycles. The highest BCUT2D eigenvalue weighted by atomic mass is 16.4. The molecule has 7 nitrogen and oxygen atoms in total. The van der Waals surface area contributed by atoms with Crippen LogP contribution in [0.2, 0.25) is 0 Å². The maximum Gasteiger partial charge on any atom is 0.330 e. The maximum atomic E-state index is 12.8. The lowest BCUT2D eigenvalue weighted by Gasteiger charge is -2.26. The fourth-order valence-electron chi connectivity index (χ4n) is 4.39. The zero-order valence-electron chi connectivity index (χ0n) is 13.2. The predicted molar refractivity (Wildman–Crippen MR) is 85.9 cm³/mol. The van der Waals surface area contributed by atoms with Crippen LogP contribution >= 0.6 is 0 Å². The number of carboxylic acid groups (broad SMARTS) is 1. The first-order valence-electron chi connectivity index (χ1n) is 8.23. The number of carbonyl (C=O) groups is 2. The maximum absolute atomic E-state index is 12.8. The fraction of sp³-hybridized carbons (Fsp3) is 0.471. The van der Waals surface area contributed by atoms with Crippen molar-refractivity contribution < 1.29 is 14.7 Å². The summed E-state index contributed by atoms with van der Waals surface area (Å²) >= 11 is 0. The minimum atomic E-state index is -0.831. The van der Waals surface area contributed by atoms with Crippen molar-refractivity contribution in [1.29, 1.82) is 0 Å². The molecule has 24 heavy (non-hydrogen) atoms. The van der Waals surface area contributed by atoms with E-state index in [4.69, 9.17) is 0 Å². The molecule has 2 aromatic rings. The van der Waals surface area contributed by atoms with E-state index in [1.54, 1.807) is 29.3 Å². The number of aromatic nitrogens is 2. The molecular weight excluding hydrogens is 310 g/mol. The molecule has 1 aliphatic heterocycles. The van der Waals surface area contributed by atoms with Gasteiger partial charge >= 0.3 is 11.7 Å². The van der Waals surface area contributed by atoms with Gasteiger partial charge in [0.25, 0.3) is 5.91 Å². The number of amides is 1. The summed E-state index contributed by atoms with van der Waals surface area (Å²) in [6.07, 6.45) is 5.35. The van der Waals surface area contributed by atoms with Gasteiger partial charge in [0.2, 0.25) is 0 Å². The van der Waals surface area contributed by atoms with Crippen LogP contribution in [0.25, 0.3) is 5.52 Å². The third kappa shape index (κ3) is 2.15. The topological polar surface area (TPSA) is 94.9 Å². The summed E-state index contributed by atoms with van der Waals surface area (Å²) < 4.78 is 1.43. The molecule has 1 spiro atoms. The van der Waals surface area contributed by atoms with Gasteiger partial charge in [0.05, 0.1) is 11.4 Å². The van der Waals surface area contributed by atoms with Gasteiger partial charge in [-0.25, -0.2) is 4.79 Å². The smallest absolute Gasteiger partial charge is 0.330 e. The molecule has 1 atom stereocenters. The van der Waals surface area contributed by atoms with Gasteiger partial charge in [-0.1, -0.05) is 12.8 Å². The predicted octanol–water partition coefficient (Wildman–Crippen LogP) is 1.34.